The summed E-state index contributed by atoms with van der Waals surface area (Å²) in [4.78, 5) is 46.9. The number of hydrogen-bond acceptors (Lipinski definition) is 5. The van der Waals surface area contributed by atoms with Crippen LogP contribution >= 0.6 is 12.6 Å². The van der Waals surface area contributed by atoms with Crippen LogP contribution in [0.3, 0.4) is 0 Å². The van der Waals surface area contributed by atoms with Gasteiger partial charge in [0.05, 0.1) is 11.3 Å². The molecular weight excluding hydrogens is 304 g/mol. The first-order chi connectivity index (χ1) is 10.4. The second-order valence-electron chi connectivity index (χ2n) is 5.89. The largest absolute Gasteiger partial charge is 0.346 e. The number of imide groups is 1. The quantitative estimate of drug-likeness (QED) is 0.286. The highest BCUT2D eigenvalue weighted by Crippen LogP contribution is 2.18. The molecule has 0 aliphatic carbocycles. The molecule has 1 saturated heterocycles. The first-order valence-electron chi connectivity index (χ1n) is 7.63. The standard InChI is InChI=1S/C15H24N2O4S/c1-10(2)11(9-18)16-13(19)6-4-3-5-7-17-14(20)8-12(22)15(17)21/h9-12,22H,3-8H2,1-2H3,(H,16,19). The van der Waals surface area contributed by atoms with Crippen LogP contribution in [0.15, 0.2) is 0 Å². The van der Waals surface area contributed by atoms with Crippen molar-refractivity contribution in [1.82, 2.24) is 10.2 Å². The van der Waals surface area contributed by atoms with E-state index < -0.39 is 11.3 Å². The summed E-state index contributed by atoms with van der Waals surface area (Å²) in [5.41, 5.74) is 0. The first-order valence-corrected chi connectivity index (χ1v) is 8.15. The second kappa shape index (κ2) is 8.92. The lowest BCUT2D eigenvalue weighted by molar-refractivity contribution is -0.138. The van der Waals surface area contributed by atoms with Crippen molar-refractivity contribution in [2.75, 3.05) is 6.54 Å². The Bertz CT molecular complexity index is 439. The van der Waals surface area contributed by atoms with Crippen molar-refractivity contribution in [2.24, 2.45) is 5.92 Å². The molecular formula is C15H24N2O4S. The van der Waals surface area contributed by atoms with Crippen LogP contribution in [0.5, 0.6) is 0 Å². The smallest absolute Gasteiger partial charge is 0.242 e. The minimum Gasteiger partial charge on any atom is -0.346 e. The molecule has 22 heavy (non-hydrogen) atoms. The van der Waals surface area contributed by atoms with E-state index in [1.54, 1.807) is 0 Å². The van der Waals surface area contributed by atoms with Crippen LogP contribution in [0.4, 0.5) is 0 Å². The number of hydrogen-bond donors (Lipinski definition) is 2. The number of aldehydes is 1. The molecule has 1 N–H and O–H groups in total. The van der Waals surface area contributed by atoms with Gasteiger partial charge in [0.15, 0.2) is 0 Å². The number of carbonyl (C=O) groups excluding carboxylic acids is 4. The lowest BCUT2D eigenvalue weighted by Crippen LogP contribution is -2.39. The van der Waals surface area contributed by atoms with Crippen LogP contribution in [0.2, 0.25) is 0 Å². The predicted octanol–water partition coefficient (Wildman–Crippen LogP) is 0.944. The number of carbonyl (C=O) groups is 4. The number of nitrogens with one attached hydrogen (secondary N) is 1. The van der Waals surface area contributed by atoms with E-state index in [-0.39, 0.29) is 30.1 Å². The van der Waals surface area contributed by atoms with Crippen molar-refractivity contribution in [3.05, 3.63) is 0 Å². The molecule has 3 amide bonds. The van der Waals surface area contributed by atoms with E-state index >= 15 is 0 Å². The predicted molar refractivity (Wildman–Crippen MR) is 85.4 cm³/mol. The molecule has 0 aromatic heterocycles. The molecule has 124 valence electrons. The summed E-state index contributed by atoms with van der Waals surface area (Å²) in [7, 11) is 0. The van der Waals surface area contributed by atoms with Gasteiger partial charge in [0.2, 0.25) is 17.7 Å². The molecule has 1 rings (SSSR count). The highest BCUT2D eigenvalue weighted by Gasteiger charge is 2.35. The normalized spacial score (nSPS) is 19.6. The van der Waals surface area contributed by atoms with Crippen molar-refractivity contribution in [3.8, 4) is 0 Å². The zero-order valence-corrected chi connectivity index (χ0v) is 14.0. The lowest BCUT2D eigenvalue weighted by Gasteiger charge is -2.16. The van der Waals surface area contributed by atoms with Crippen LogP contribution in [0.25, 0.3) is 0 Å². The molecule has 6 nitrogen and oxygen atoms in total. The van der Waals surface area contributed by atoms with Gasteiger partial charge in [-0.15, -0.1) is 0 Å². The number of thiol groups is 1. The summed E-state index contributed by atoms with van der Waals surface area (Å²) in [5.74, 6) is -0.470. The van der Waals surface area contributed by atoms with Gasteiger partial charge in [0.25, 0.3) is 0 Å². The van der Waals surface area contributed by atoms with Crippen LogP contribution in [0, 0.1) is 5.92 Å². The van der Waals surface area contributed by atoms with Gasteiger partial charge in [0, 0.05) is 19.4 Å². The van der Waals surface area contributed by atoms with Crippen molar-refractivity contribution in [3.63, 3.8) is 0 Å². The number of rotatable bonds is 9. The van der Waals surface area contributed by atoms with E-state index in [4.69, 9.17) is 0 Å². The first kappa shape index (κ1) is 18.7. The molecule has 1 aliphatic rings. The monoisotopic (exact) mass is 328 g/mol. The van der Waals surface area contributed by atoms with Gasteiger partial charge in [-0.1, -0.05) is 20.3 Å². The molecule has 0 spiro atoms. The summed E-state index contributed by atoms with van der Waals surface area (Å²) in [6.07, 6.45) is 3.35. The molecule has 2 atom stereocenters. The van der Waals surface area contributed by atoms with Crippen molar-refractivity contribution < 1.29 is 19.2 Å². The maximum absolute atomic E-state index is 11.7. The molecule has 1 fully saturated rings. The van der Waals surface area contributed by atoms with Gasteiger partial charge in [-0.05, 0) is 18.8 Å². The Labute approximate surface area is 136 Å². The van der Waals surface area contributed by atoms with Gasteiger partial charge in [-0.3, -0.25) is 19.3 Å². The third kappa shape index (κ3) is 5.44. The van der Waals surface area contributed by atoms with Crippen LogP contribution in [-0.4, -0.2) is 46.7 Å². The van der Waals surface area contributed by atoms with E-state index in [0.717, 1.165) is 12.7 Å². The maximum atomic E-state index is 11.7. The third-order valence-electron chi connectivity index (χ3n) is 3.70. The molecule has 2 unspecified atom stereocenters. The average Bonchev–Trinajstić information content (AvgIpc) is 2.70. The van der Waals surface area contributed by atoms with Crippen LogP contribution in [0.1, 0.15) is 46.0 Å². The van der Waals surface area contributed by atoms with E-state index in [1.807, 2.05) is 13.8 Å². The van der Waals surface area contributed by atoms with E-state index in [2.05, 4.69) is 17.9 Å². The SMILES string of the molecule is CC(C)C(C=O)NC(=O)CCCCCN1C(=O)CC(S)C1=O. The van der Waals surface area contributed by atoms with Gasteiger partial charge in [-0.2, -0.15) is 12.6 Å². The fourth-order valence-corrected chi connectivity index (χ4v) is 2.54. The summed E-state index contributed by atoms with van der Waals surface area (Å²) in [5, 5.41) is 2.18. The molecule has 1 heterocycles. The fraction of sp³-hybridized carbons (Fsp3) is 0.733. The topological polar surface area (TPSA) is 83.6 Å². The number of nitrogens with zero attached hydrogens (tertiary/aromatic N) is 1. The Kier molecular flexibility index (Phi) is 7.58. The van der Waals surface area contributed by atoms with Crippen molar-refractivity contribution in [1.29, 1.82) is 0 Å². The minimum atomic E-state index is -0.505. The highest BCUT2D eigenvalue weighted by molar-refractivity contribution is 7.81. The van der Waals surface area contributed by atoms with E-state index in [9.17, 15) is 19.2 Å². The Morgan fingerprint density at radius 2 is 2.05 bits per heavy atom. The molecule has 7 heteroatoms. The van der Waals surface area contributed by atoms with Gasteiger partial charge >= 0.3 is 0 Å². The van der Waals surface area contributed by atoms with Crippen LogP contribution in [-0.2, 0) is 19.2 Å². The summed E-state index contributed by atoms with van der Waals surface area (Å²) in [6.45, 7) is 4.13. The Morgan fingerprint density at radius 1 is 1.36 bits per heavy atom. The zero-order valence-electron chi connectivity index (χ0n) is 13.1. The molecule has 1 aliphatic heterocycles. The van der Waals surface area contributed by atoms with E-state index in [0.29, 0.717) is 25.8 Å². The molecule has 0 saturated carbocycles. The maximum Gasteiger partial charge on any atom is 0.242 e. The van der Waals surface area contributed by atoms with Crippen molar-refractivity contribution in [2.45, 2.75) is 57.2 Å². The molecule has 0 aromatic carbocycles. The Morgan fingerprint density at radius 3 is 2.55 bits per heavy atom. The number of unbranched alkanes of at least 4 members (excludes halogenated alkanes) is 2. The zero-order chi connectivity index (χ0) is 16.7. The van der Waals surface area contributed by atoms with Gasteiger partial charge in [-0.25, -0.2) is 0 Å². The second-order valence-corrected chi connectivity index (χ2v) is 6.51. The lowest BCUT2D eigenvalue weighted by atomic mass is 10.1. The third-order valence-corrected chi connectivity index (χ3v) is 4.10. The Hall–Kier alpha value is -1.37. The summed E-state index contributed by atoms with van der Waals surface area (Å²) < 4.78 is 0. The van der Waals surface area contributed by atoms with Crippen LogP contribution < -0.4 is 5.32 Å². The van der Waals surface area contributed by atoms with E-state index in [1.165, 1.54) is 4.90 Å². The number of likely N-dealkylation sites (tertiary alicyclic amines) is 1. The van der Waals surface area contributed by atoms with Crippen molar-refractivity contribution >= 4 is 36.6 Å². The summed E-state index contributed by atoms with van der Waals surface area (Å²) in [6, 6.07) is -0.445. The highest BCUT2D eigenvalue weighted by atomic mass is 32.1. The summed E-state index contributed by atoms with van der Waals surface area (Å²) >= 11 is 4.06. The fourth-order valence-electron chi connectivity index (χ4n) is 2.25. The molecule has 0 aromatic rings. The molecule has 0 radical (unpaired) electrons. The Balaban J connectivity index is 2.18. The van der Waals surface area contributed by atoms with Gasteiger partial charge in [0.1, 0.15) is 6.29 Å². The number of amides is 3. The average molecular weight is 328 g/mol. The molecule has 0 bridgehead atoms. The van der Waals surface area contributed by atoms with Gasteiger partial charge < -0.3 is 10.1 Å². The minimum absolute atomic E-state index is 0.0721.